The molecule has 0 aliphatic heterocycles. The zero-order chi connectivity index (χ0) is 12.0. The molecule has 0 unspecified atom stereocenters. The van der Waals surface area contributed by atoms with Crippen LogP contribution in [0.5, 0.6) is 0 Å². The molecule has 1 aromatic rings. The van der Waals surface area contributed by atoms with Crippen LogP contribution in [0.25, 0.3) is 6.08 Å². The van der Waals surface area contributed by atoms with Crippen LogP contribution in [-0.2, 0) is 4.79 Å². The van der Waals surface area contributed by atoms with Gasteiger partial charge in [0.1, 0.15) is 0 Å². The summed E-state index contributed by atoms with van der Waals surface area (Å²) in [6.07, 6.45) is 6.24. The first-order valence-corrected chi connectivity index (χ1v) is 5.99. The number of hydrogen-bond acceptors (Lipinski definition) is 4. The zero-order valence-corrected chi connectivity index (χ0v) is 10.2. The highest BCUT2D eigenvalue weighted by molar-refractivity contribution is 7.99. The van der Waals surface area contributed by atoms with E-state index in [0.29, 0.717) is 5.92 Å². The maximum Gasteiger partial charge on any atom is 0.241 e. The van der Waals surface area contributed by atoms with Gasteiger partial charge in [0.05, 0.1) is 0 Å². The van der Waals surface area contributed by atoms with Crippen LogP contribution in [0.15, 0.2) is 23.6 Å². The Labute approximate surface area is 99.4 Å². The highest BCUT2D eigenvalue weighted by atomic mass is 32.2. The highest BCUT2D eigenvalue weighted by Crippen LogP contribution is 2.15. The lowest BCUT2D eigenvalue weighted by Gasteiger charge is -2.02. The van der Waals surface area contributed by atoms with Gasteiger partial charge in [0.2, 0.25) is 5.91 Å². The van der Waals surface area contributed by atoms with E-state index in [1.807, 2.05) is 0 Å². The summed E-state index contributed by atoms with van der Waals surface area (Å²) in [6, 6.07) is 0. The van der Waals surface area contributed by atoms with Crippen LogP contribution in [0.2, 0.25) is 0 Å². The molecule has 0 spiro atoms. The van der Waals surface area contributed by atoms with E-state index in [1.54, 1.807) is 30.2 Å². The Morgan fingerprint density at radius 2 is 2.12 bits per heavy atom. The van der Waals surface area contributed by atoms with E-state index in [4.69, 9.17) is 5.73 Å². The summed E-state index contributed by atoms with van der Waals surface area (Å²) in [5.41, 5.74) is 5.75. The molecular weight excluding hydrogens is 222 g/mol. The third-order valence-corrected chi connectivity index (χ3v) is 2.94. The lowest BCUT2D eigenvalue weighted by molar-refractivity contribution is -0.113. The number of nitrogens with zero attached hydrogens (tertiary/aromatic N) is 2. The van der Waals surface area contributed by atoms with Crippen LogP contribution in [0.3, 0.4) is 0 Å². The largest absolute Gasteiger partial charge is 0.366 e. The summed E-state index contributed by atoms with van der Waals surface area (Å²) in [6.45, 7) is 4.30. The number of hydrogen-bond donors (Lipinski definition) is 1. The minimum absolute atomic E-state index is 0.474. The van der Waals surface area contributed by atoms with Crippen molar-refractivity contribution in [2.24, 2.45) is 11.7 Å². The number of thioether (sulfide) groups is 1. The van der Waals surface area contributed by atoms with Gasteiger partial charge in [-0.1, -0.05) is 25.6 Å². The topological polar surface area (TPSA) is 68.9 Å². The molecule has 0 saturated carbocycles. The van der Waals surface area contributed by atoms with Gasteiger partial charge in [0.25, 0.3) is 0 Å². The number of nitrogens with two attached hydrogens (primary N) is 1. The van der Waals surface area contributed by atoms with Crippen LogP contribution in [0.1, 0.15) is 19.4 Å². The minimum Gasteiger partial charge on any atom is -0.366 e. The zero-order valence-electron chi connectivity index (χ0n) is 9.38. The Bertz CT molecular complexity index is 373. The minimum atomic E-state index is -0.474. The van der Waals surface area contributed by atoms with Gasteiger partial charge in [-0.05, 0) is 12.0 Å². The van der Waals surface area contributed by atoms with Gasteiger partial charge in [0.15, 0.2) is 5.16 Å². The fourth-order valence-electron chi connectivity index (χ4n) is 0.906. The van der Waals surface area contributed by atoms with E-state index in [9.17, 15) is 4.79 Å². The molecule has 0 fully saturated rings. The lowest BCUT2D eigenvalue weighted by atomic mass is 10.3. The number of carbonyl (C=O) groups excluding carboxylic acids is 1. The van der Waals surface area contributed by atoms with Crippen molar-refractivity contribution in [2.75, 3.05) is 5.75 Å². The van der Waals surface area contributed by atoms with Crippen molar-refractivity contribution in [1.29, 1.82) is 0 Å². The van der Waals surface area contributed by atoms with Crippen LogP contribution < -0.4 is 5.73 Å². The second-order valence-corrected chi connectivity index (χ2v) is 4.73. The molecule has 0 aromatic carbocycles. The first-order chi connectivity index (χ1) is 7.58. The van der Waals surface area contributed by atoms with Gasteiger partial charge >= 0.3 is 0 Å². The van der Waals surface area contributed by atoms with Crippen LogP contribution in [0.4, 0.5) is 0 Å². The summed E-state index contributed by atoms with van der Waals surface area (Å²) in [5, 5.41) is 0.755. The molecule has 16 heavy (non-hydrogen) atoms. The van der Waals surface area contributed by atoms with E-state index < -0.39 is 5.91 Å². The van der Waals surface area contributed by atoms with Crippen molar-refractivity contribution in [3.05, 3.63) is 24.0 Å². The van der Waals surface area contributed by atoms with Crippen molar-refractivity contribution in [3.8, 4) is 0 Å². The van der Waals surface area contributed by atoms with Crippen molar-refractivity contribution in [2.45, 2.75) is 19.0 Å². The van der Waals surface area contributed by atoms with Gasteiger partial charge in [0, 0.05) is 29.8 Å². The third kappa shape index (κ3) is 4.93. The Morgan fingerprint density at radius 1 is 1.50 bits per heavy atom. The average molecular weight is 237 g/mol. The Kier molecular flexibility index (Phi) is 4.98. The summed E-state index contributed by atoms with van der Waals surface area (Å²) in [7, 11) is 0. The van der Waals surface area contributed by atoms with E-state index in [1.165, 1.54) is 6.08 Å². The van der Waals surface area contributed by atoms with E-state index in [-0.39, 0.29) is 0 Å². The van der Waals surface area contributed by atoms with Gasteiger partial charge in [-0.2, -0.15) is 0 Å². The highest BCUT2D eigenvalue weighted by Gasteiger charge is 1.99. The SMILES string of the molecule is CC(C)CSc1ncc(/C=C\C(N)=O)cn1. The monoisotopic (exact) mass is 237 g/mol. The Balaban J connectivity index is 2.57. The van der Waals surface area contributed by atoms with Crippen molar-refractivity contribution in [3.63, 3.8) is 0 Å². The predicted octanol–water partition coefficient (Wildman–Crippen LogP) is 1.72. The molecule has 1 aromatic heterocycles. The van der Waals surface area contributed by atoms with Crippen molar-refractivity contribution < 1.29 is 4.79 Å². The molecule has 0 radical (unpaired) electrons. The molecule has 1 amide bonds. The maximum absolute atomic E-state index is 10.5. The fourth-order valence-corrected chi connectivity index (χ4v) is 1.64. The number of carbonyl (C=O) groups is 1. The standard InChI is InChI=1S/C11H15N3OS/c1-8(2)7-16-11-13-5-9(6-14-11)3-4-10(12)15/h3-6,8H,7H2,1-2H3,(H2,12,15)/b4-3-. The first kappa shape index (κ1) is 12.7. The number of rotatable bonds is 5. The molecule has 86 valence electrons. The molecule has 5 heteroatoms. The van der Waals surface area contributed by atoms with Crippen molar-refractivity contribution in [1.82, 2.24) is 9.97 Å². The van der Waals surface area contributed by atoms with Gasteiger partial charge < -0.3 is 5.73 Å². The summed E-state index contributed by atoms with van der Waals surface area (Å²) >= 11 is 1.62. The second kappa shape index (κ2) is 6.27. The Morgan fingerprint density at radius 3 is 2.62 bits per heavy atom. The molecule has 1 heterocycles. The van der Waals surface area contributed by atoms with E-state index >= 15 is 0 Å². The van der Waals surface area contributed by atoms with Crippen LogP contribution in [-0.4, -0.2) is 21.6 Å². The predicted molar refractivity (Wildman–Crippen MR) is 65.8 cm³/mol. The Hall–Kier alpha value is -1.36. The van der Waals surface area contributed by atoms with Crippen LogP contribution in [0, 0.1) is 5.92 Å². The molecule has 0 bridgehead atoms. The van der Waals surface area contributed by atoms with E-state index in [0.717, 1.165) is 16.5 Å². The molecule has 1 rings (SSSR count). The fraction of sp³-hybridized carbons (Fsp3) is 0.364. The second-order valence-electron chi connectivity index (χ2n) is 3.74. The van der Waals surface area contributed by atoms with Crippen molar-refractivity contribution >= 4 is 23.7 Å². The molecule has 0 aliphatic carbocycles. The molecule has 0 aliphatic rings. The van der Waals surface area contributed by atoms with Crippen LogP contribution >= 0.6 is 11.8 Å². The maximum atomic E-state index is 10.5. The molecule has 2 N–H and O–H groups in total. The van der Waals surface area contributed by atoms with E-state index in [2.05, 4.69) is 23.8 Å². The third-order valence-electron chi connectivity index (χ3n) is 1.63. The summed E-state index contributed by atoms with van der Waals surface area (Å²) in [5.74, 6) is 1.14. The smallest absolute Gasteiger partial charge is 0.241 e. The number of aromatic nitrogens is 2. The summed E-state index contributed by atoms with van der Waals surface area (Å²) in [4.78, 5) is 18.9. The normalized spacial score (nSPS) is 11.2. The molecule has 4 nitrogen and oxygen atoms in total. The van der Waals surface area contributed by atoms with Gasteiger partial charge in [-0.3, -0.25) is 4.79 Å². The quantitative estimate of drug-likeness (QED) is 0.481. The molecular formula is C11H15N3OS. The average Bonchev–Trinajstić information content (AvgIpc) is 2.25. The molecule has 0 atom stereocenters. The number of amides is 1. The lowest BCUT2D eigenvalue weighted by Crippen LogP contribution is -2.05. The van der Waals surface area contributed by atoms with Gasteiger partial charge in [-0.25, -0.2) is 9.97 Å². The van der Waals surface area contributed by atoms with Gasteiger partial charge in [-0.15, -0.1) is 0 Å². The molecule has 0 saturated heterocycles. The first-order valence-electron chi connectivity index (χ1n) is 5.00. The summed E-state index contributed by atoms with van der Waals surface area (Å²) < 4.78 is 0. The number of primary amides is 1.